The van der Waals surface area contributed by atoms with Crippen molar-refractivity contribution in [3.63, 3.8) is 0 Å². The first-order valence-electron chi connectivity index (χ1n) is 12.4. The number of aromatic nitrogens is 2. The van der Waals surface area contributed by atoms with E-state index in [2.05, 4.69) is 31.7 Å². The van der Waals surface area contributed by atoms with E-state index >= 15 is 0 Å². The van der Waals surface area contributed by atoms with Crippen LogP contribution in [0.25, 0.3) is 0 Å². The van der Waals surface area contributed by atoms with E-state index in [0.29, 0.717) is 24.7 Å². The molecule has 1 N–H and O–H groups in total. The van der Waals surface area contributed by atoms with E-state index in [1.807, 2.05) is 64.2 Å². The number of aromatic hydroxyl groups is 1. The molecule has 0 aliphatic carbocycles. The van der Waals surface area contributed by atoms with Crippen LogP contribution in [0.3, 0.4) is 0 Å². The highest BCUT2D eigenvalue weighted by Crippen LogP contribution is 2.27. The van der Waals surface area contributed by atoms with Gasteiger partial charge < -0.3 is 19.5 Å². The molecule has 0 atom stereocenters. The predicted molar refractivity (Wildman–Crippen MR) is 148 cm³/mol. The first-order chi connectivity index (χ1) is 17.2. The van der Waals surface area contributed by atoms with Gasteiger partial charge in [-0.2, -0.15) is 0 Å². The van der Waals surface area contributed by atoms with Gasteiger partial charge in [0.1, 0.15) is 23.8 Å². The zero-order valence-electron chi connectivity index (χ0n) is 22.1. The van der Waals surface area contributed by atoms with E-state index < -0.39 is 0 Å². The van der Waals surface area contributed by atoms with Crippen molar-refractivity contribution in [2.75, 3.05) is 18.0 Å². The Hall–Kier alpha value is -3.32. The Balaban J connectivity index is 0.000000532. The lowest BCUT2D eigenvalue weighted by molar-refractivity contribution is -0.138. The van der Waals surface area contributed by atoms with Crippen molar-refractivity contribution >= 4 is 24.6 Å². The van der Waals surface area contributed by atoms with E-state index in [-0.39, 0.29) is 18.0 Å². The van der Waals surface area contributed by atoms with Crippen LogP contribution in [0.1, 0.15) is 50.7 Å². The van der Waals surface area contributed by atoms with E-state index in [9.17, 15) is 9.90 Å². The lowest BCUT2D eigenvalue weighted by Crippen LogP contribution is -2.34. The van der Waals surface area contributed by atoms with Gasteiger partial charge in [-0.3, -0.25) is 4.79 Å². The Morgan fingerprint density at radius 3 is 2.24 bits per heavy atom. The number of piperidine rings is 1. The first kappa shape index (κ1) is 29.9. The molecule has 8 heteroatoms. The average Bonchev–Trinajstić information content (AvgIpc) is 2.85. The lowest BCUT2D eigenvalue weighted by atomic mass is 9.93. The predicted octanol–water partition coefficient (Wildman–Crippen LogP) is 5.91. The van der Waals surface area contributed by atoms with Gasteiger partial charge in [-0.1, -0.05) is 30.3 Å². The van der Waals surface area contributed by atoms with Gasteiger partial charge in [0.15, 0.2) is 5.75 Å². The fourth-order valence-electron chi connectivity index (χ4n) is 3.94. The number of hydrogen-bond acceptors (Lipinski definition) is 7. The number of anilines is 1. The summed E-state index contributed by atoms with van der Waals surface area (Å²) in [6, 6.07) is 17.6. The minimum absolute atomic E-state index is 0. The SMILES string of the molecule is CC(C)(C)OC=O.Cc1nc(CC2CCN(c3ccc(O)cc3)CC2)ncc1OCc1ccccc1.Cl. The zero-order valence-corrected chi connectivity index (χ0v) is 22.9. The van der Waals surface area contributed by atoms with E-state index in [1.54, 1.807) is 12.1 Å². The largest absolute Gasteiger partial charge is 0.508 e. The van der Waals surface area contributed by atoms with Crippen LogP contribution in [0.15, 0.2) is 60.8 Å². The number of carbonyl (C=O) groups is 1. The van der Waals surface area contributed by atoms with Crippen LogP contribution in [0.2, 0.25) is 0 Å². The molecule has 0 unspecified atom stereocenters. The summed E-state index contributed by atoms with van der Waals surface area (Å²) < 4.78 is 10.4. The second-order valence-corrected chi connectivity index (χ2v) is 9.99. The van der Waals surface area contributed by atoms with Crippen LogP contribution in [0, 0.1) is 12.8 Å². The maximum atomic E-state index is 9.60. The number of carbonyl (C=O) groups excluding carboxylic acids is 1. The summed E-state index contributed by atoms with van der Waals surface area (Å²) in [5.74, 6) is 2.56. The zero-order chi connectivity index (χ0) is 26.0. The monoisotopic (exact) mass is 527 g/mol. The Kier molecular flexibility index (Phi) is 11.7. The van der Waals surface area contributed by atoms with Crippen LogP contribution >= 0.6 is 12.4 Å². The molecule has 3 aromatic rings. The number of rotatable bonds is 7. The van der Waals surface area contributed by atoms with Crippen molar-refractivity contribution in [3.05, 3.63) is 77.9 Å². The highest BCUT2D eigenvalue weighted by atomic mass is 35.5. The second-order valence-electron chi connectivity index (χ2n) is 9.99. The average molecular weight is 528 g/mol. The van der Waals surface area contributed by atoms with Crippen molar-refractivity contribution in [2.45, 2.75) is 59.2 Å². The van der Waals surface area contributed by atoms with Crippen molar-refractivity contribution < 1.29 is 19.4 Å². The number of phenolic OH excluding ortho intramolecular Hbond substituents is 1. The smallest absolute Gasteiger partial charge is 0.293 e. The normalized spacial score (nSPS) is 13.6. The van der Waals surface area contributed by atoms with Crippen LogP contribution < -0.4 is 9.64 Å². The Labute approximate surface area is 226 Å². The summed E-state index contributed by atoms with van der Waals surface area (Å²) in [4.78, 5) is 21.2. The van der Waals surface area contributed by atoms with Gasteiger partial charge in [0.25, 0.3) is 6.47 Å². The van der Waals surface area contributed by atoms with Gasteiger partial charge in [-0.25, -0.2) is 9.97 Å². The third-order valence-electron chi connectivity index (χ3n) is 5.92. The second kappa shape index (κ2) is 14.4. The number of aryl methyl sites for hydroxylation is 1. The Morgan fingerprint density at radius 2 is 1.70 bits per heavy atom. The van der Waals surface area contributed by atoms with Crippen molar-refractivity contribution in [2.24, 2.45) is 5.92 Å². The lowest BCUT2D eigenvalue weighted by Gasteiger charge is -2.33. The molecule has 0 saturated carbocycles. The number of benzene rings is 2. The van der Waals surface area contributed by atoms with E-state index in [0.717, 1.165) is 55.2 Å². The molecule has 1 saturated heterocycles. The van der Waals surface area contributed by atoms with Crippen molar-refractivity contribution in [1.82, 2.24) is 9.97 Å². The van der Waals surface area contributed by atoms with Gasteiger partial charge in [0.05, 0.1) is 11.9 Å². The number of nitrogens with zero attached hydrogens (tertiary/aromatic N) is 3. The maximum absolute atomic E-state index is 9.60. The first-order valence-corrected chi connectivity index (χ1v) is 12.4. The molecule has 0 spiro atoms. The van der Waals surface area contributed by atoms with Gasteiger partial charge in [0.2, 0.25) is 0 Å². The maximum Gasteiger partial charge on any atom is 0.293 e. The molecule has 1 fully saturated rings. The minimum atomic E-state index is -0.318. The van der Waals surface area contributed by atoms with Crippen LogP contribution in [-0.4, -0.2) is 40.2 Å². The van der Waals surface area contributed by atoms with E-state index in [4.69, 9.17) is 4.74 Å². The van der Waals surface area contributed by atoms with Crippen LogP contribution in [0.5, 0.6) is 11.5 Å². The molecule has 1 aliphatic rings. The third-order valence-corrected chi connectivity index (χ3v) is 5.92. The van der Waals surface area contributed by atoms with Gasteiger partial charge in [0, 0.05) is 25.2 Å². The molecule has 7 nitrogen and oxygen atoms in total. The van der Waals surface area contributed by atoms with Gasteiger partial charge >= 0.3 is 0 Å². The summed E-state index contributed by atoms with van der Waals surface area (Å²) in [6.07, 6.45) is 4.96. The van der Waals surface area contributed by atoms with E-state index in [1.165, 1.54) is 5.69 Å². The standard InChI is InChI=1S/C24H27N3O2.C5H10O2.ClH/c1-18-23(29-17-20-5-3-2-4-6-20)16-25-24(26-18)15-19-11-13-27(14-12-19)21-7-9-22(28)10-8-21;1-5(2,3)7-4-6;/h2-10,16,19,28H,11-15,17H2,1H3;4H,1-3H3;1H. The van der Waals surface area contributed by atoms with Crippen LogP contribution in [0.4, 0.5) is 5.69 Å². The van der Waals surface area contributed by atoms with Crippen molar-refractivity contribution in [3.8, 4) is 11.5 Å². The summed E-state index contributed by atoms with van der Waals surface area (Å²) >= 11 is 0. The van der Waals surface area contributed by atoms with Gasteiger partial charge in [-0.15, -0.1) is 12.4 Å². The molecular weight excluding hydrogens is 490 g/mol. The molecule has 1 aromatic heterocycles. The highest BCUT2D eigenvalue weighted by molar-refractivity contribution is 5.85. The summed E-state index contributed by atoms with van der Waals surface area (Å²) in [5.41, 5.74) is 2.89. The molecule has 2 heterocycles. The molecule has 37 heavy (non-hydrogen) atoms. The molecule has 1 aliphatic heterocycles. The number of ether oxygens (including phenoxy) is 2. The molecule has 0 radical (unpaired) electrons. The Morgan fingerprint density at radius 1 is 1.05 bits per heavy atom. The van der Waals surface area contributed by atoms with Gasteiger partial charge in [-0.05, 0) is 76.3 Å². The molecule has 0 amide bonds. The number of phenols is 1. The van der Waals surface area contributed by atoms with Crippen LogP contribution in [-0.2, 0) is 22.6 Å². The fourth-order valence-corrected chi connectivity index (χ4v) is 3.94. The summed E-state index contributed by atoms with van der Waals surface area (Å²) in [7, 11) is 0. The quantitative estimate of drug-likeness (QED) is 0.382. The molecule has 2 aromatic carbocycles. The number of hydrogen-bond donors (Lipinski definition) is 1. The van der Waals surface area contributed by atoms with Crippen molar-refractivity contribution in [1.29, 1.82) is 0 Å². The fraction of sp³-hybridized carbons (Fsp3) is 0.414. The Bertz CT molecular complexity index is 1080. The third kappa shape index (κ3) is 10.3. The highest BCUT2D eigenvalue weighted by Gasteiger charge is 2.21. The topological polar surface area (TPSA) is 84.8 Å². The number of halogens is 1. The summed E-state index contributed by atoms with van der Waals surface area (Å²) in [6.45, 7) is 10.5. The molecule has 0 bridgehead atoms. The molecular formula is C29H38ClN3O4. The molecule has 200 valence electrons. The molecule has 4 rings (SSSR count). The summed E-state index contributed by atoms with van der Waals surface area (Å²) in [5, 5.41) is 9.45. The minimum Gasteiger partial charge on any atom is -0.508 e.